The van der Waals surface area contributed by atoms with E-state index in [0.717, 1.165) is 4.47 Å². The Morgan fingerprint density at radius 3 is 1.86 bits per heavy atom. The van der Waals surface area contributed by atoms with Crippen LogP contribution in [0.15, 0.2) is 53.0 Å². The molecule has 0 saturated heterocycles. The first kappa shape index (κ1) is 17.0. The van der Waals surface area contributed by atoms with Gasteiger partial charge in [-0.15, -0.1) is 0 Å². The molecule has 0 nitrogen and oxygen atoms in total. The molecule has 0 aliphatic rings. The van der Waals surface area contributed by atoms with E-state index >= 15 is 0 Å². The third-order valence-electron chi connectivity index (χ3n) is 3.89. The molecule has 0 unspecified atom stereocenters. The van der Waals surface area contributed by atoms with E-state index in [4.69, 9.17) is 0 Å². The topological polar surface area (TPSA) is 0 Å². The van der Waals surface area contributed by atoms with E-state index < -0.39 is 0 Å². The molecule has 0 amide bonds. The predicted molar refractivity (Wildman–Crippen MR) is 102 cm³/mol. The van der Waals surface area contributed by atoms with Gasteiger partial charge < -0.3 is 0 Å². The van der Waals surface area contributed by atoms with Gasteiger partial charge in [-0.3, -0.25) is 0 Å². The molecule has 0 aliphatic heterocycles. The van der Waals surface area contributed by atoms with Gasteiger partial charge in [0.25, 0.3) is 0 Å². The minimum Gasteiger partial charge on any atom is -0.0654 e. The molecule has 0 fully saturated rings. The molecule has 0 heterocycles. The molecular weight excluding hydrogens is 332 g/mol. The number of hydrogen-bond acceptors (Lipinski definition) is 0. The number of aryl methyl sites for hydroxylation is 1. The second-order valence-electron chi connectivity index (χ2n) is 5.79. The van der Waals surface area contributed by atoms with Crippen molar-refractivity contribution in [1.29, 1.82) is 0 Å². The molecule has 0 atom stereocenters. The highest BCUT2D eigenvalue weighted by Gasteiger charge is 1.95. The minimum absolute atomic E-state index is 1.12. The van der Waals surface area contributed by atoms with Gasteiger partial charge in [0.15, 0.2) is 0 Å². The van der Waals surface area contributed by atoms with Crippen molar-refractivity contribution >= 4 is 28.1 Å². The van der Waals surface area contributed by atoms with Crippen molar-refractivity contribution in [2.75, 3.05) is 0 Å². The maximum Gasteiger partial charge on any atom is 0.0175 e. The maximum atomic E-state index is 3.46. The molecule has 0 radical (unpaired) electrons. The molecule has 0 N–H and O–H groups in total. The van der Waals surface area contributed by atoms with Gasteiger partial charge >= 0.3 is 0 Å². The van der Waals surface area contributed by atoms with Gasteiger partial charge in [-0.25, -0.2) is 0 Å². The summed E-state index contributed by atoms with van der Waals surface area (Å²) in [6.07, 6.45) is 12.3. The average molecular weight is 357 g/mol. The van der Waals surface area contributed by atoms with Crippen LogP contribution in [0, 0.1) is 0 Å². The van der Waals surface area contributed by atoms with Crippen molar-refractivity contribution in [1.82, 2.24) is 0 Å². The largest absolute Gasteiger partial charge is 0.0654 e. The van der Waals surface area contributed by atoms with E-state index in [9.17, 15) is 0 Å². The SMILES string of the molecule is CCCCCCCc1ccc(C=Cc2ccc(Br)cc2)cc1. The van der Waals surface area contributed by atoms with Crippen LogP contribution in [0.5, 0.6) is 0 Å². The van der Waals surface area contributed by atoms with Crippen molar-refractivity contribution in [3.8, 4) is 0 Å². The molecule has 1 heteroatoms. The molecule has 0 aliphatic carbocycles. The lowest BCUT2D eigenvalue weighted by molar-refractivity contribution is 0.632. The van der Waals surface area contributed by atoms with Gasteiger partial charge in [-0.05, 0) is 41.7 Å². The van der Waals surface area contributed by atoms with Crippen LogP contribution in [-0.2, 0) is 6.42 Å². The Morgan fingerprint density at radius 2 is 1.27 bits per heavy atom. The number of rotatable bonds is 8. The summed E-state index contributed by atoms with van der Waals surface area (Å²) in [5, 5.41) is 0. The zero-order valence-corrected chi connectivity index (χ0v) is 15.0. The summed E-state index contributed by atoms with van der Waals surface area (Å²) >= 11 is 3.46. The fraction of sp³-hybridized carbons (Fsp3) is 0.333. The summed E-state index contributed by atoms with van der Waals surface area (Å²) in [5.41, 5.74) is 3.94. The Kier molecular flexibility index (Phi) is 7.45. The van der Waals surface area contributed by atoms with Gasteiger partial charge in [-0.2, -0.15) is 0 Å². The van der Waals surface area contributed by atoms with Crippen molar-refractivity contribution in [2.24, 2.45) is 0 Å². The van der Waals surface area contributed by atoms with Crippen LogP contribution in [-0.4, -0.2) is 0 Å². The number of hydrogen-bond donors (Lipinski definition) is 0. The average Bonchev–Trinajstić information content (AvgIpc) is 2.55. The van der Waals surface area contributed by atoms with Crippen molar-refractivity contribution in [3.63, 3.8) is 0 Å². The monoisotopic (exact) mass is 356 g/mol. The molecule has 2 aromatic carbocycles. The van der Waals surface area contributed by atoms with E-state index in [-0.39, 0.29) is 0 Å². The Labute approximate surface area is 143 Å². The van der Waals surface area contributed by atoms with Gasteiger partial charge in [0.05, 0.1) is 0 Å². The summed E-state index contributed by atoms with van der Waals surface area (Å²) in [6, 6.07) is 17.3. The van der Waals surface area contributed by atoms with Crippen LogP contribution in [0.1, 0.15) is 55.7 Å². The summed E-state index contributed by atoms with van der Waals surface area (Å²) in [7, 11) is 0. The first-order valence-electron chi connectivity index (χ1n) is 8.30. The number of halogens is 1. The lowest BCUT2D eigenvalue weighted by Gasteiger charge is -2.02. The van der Waals surface area contributed by atoms with Crippen molar-refractivity contribution in [3.05, 3.63) is 69.7 Å². The van der Waals surface area contributed by atoms with Gasteiger partial charge in [0, 0.05) is 4.47 Å². The Balaban J connectivity index is 1.82. The second-order valence-corrected chi connectivity index (χ2v) is 6.71. The van der Waals surface area contributed by atoms with Crippen LogP contribution >= 0.6 is 15.9 Å². The summed E-state index contributed by atoms with van der Waals surface area (Å²) in [4.78, 5) is 0. The molecule has 2 rings (SSSR count). The zero-order chi connectivity index (χ0) is 15.6. The normalized spacial score (nSPS) is 11.2. The first-order chi connectivity index (χ1) is 10.8. The molecule has 0 spiro atoms. The summed E-state index contributed by atoms with van der Waals surface area (Å²) in [6.45, 7) is 2.26. The van der Waals surface area contributed by atoms with Crippen LogP contribution in [0.4, 0.5) is 0 Å². The van der Waals surface area contributed by atoms with Crippen LogP contribution < -0.4 is 0 Å². The maximum absolute atomic E-state index is 3.46. The Hall–Kier alpha value is -1.34. The van der Waals surface area contributed by atoms with Crippen LogP contribution in [0.25, 0.3) is 12.2 Å². The lowest BCUT2D eigenvalue weighted by atomic mass is 10.0. The van der Waals surface area contributed by atoms with E-state index in [0.29, 0.717) is 0 Å². The zero-order valence-electron chi connectivity index (χ0n) is 13.4. The third-order valence-corrected chi connectivity index (χ3v) is 4.42. The molecule has 0 aromatic heterocycles. The Morgan fingerprint density at radius 1 is 0.727 bits per heavy atom. The molecule has 0 saturated carbocycles. The Bertz CT molecular complexity index is 564. The molecule has 2 aromatic rings. The summed E-state index contributed by atoms with van der Waals surface area (Å²) < 4.78 is 1.12. The van der Waals surface area contributed by atoms with E-state index in [1.54, 1.807) is 0 Å². The van der Waals surface area contributed by atoms with Crippen LogP contribution in [0.2, 0.25) is 0 Å². The fourth-order valence-electron chi connectivity index (χ4n) is 2.49. The van der Waals surface area contributed by atoms with E-state index in [1.165, 1.54) is 55.2 Å². The third kappa shape index (κ3) is 6.19. The predicted octanol–water partition coefficient (Wildman–Crippen LogP) is 7.13. The molecular formula is C21H25Br. The standard InChI is InChI=1S/C21H25Br/c1-2-3-4-5-6-7-18-8-10-19(11-9-18)12-13-20-14-16-21(22)17-15-20/h8-17H,2-7H2,1H3. The lowest BCUT2D eigenvalue weighted by Crippen LogP contribution is -1.86. The van der Waals surface area contributed by atoms with E-state index in [1.807, 2.05) is 0 Å². The minimum atomic E-state index is 1.12. The fourth-order valence-corrected chi connectivity index (χ4v) is 2.76. The highest BCUT2D eigenvalue weighted by atomic mass is 79.9. The van der Waals surface area contributed by atoms with E-state index in [2.05, 4.69) is 83.5 Å². The van der Waals surface area contributed by atoms with Crippen molar-refractivity contribution < 1.29 is 0 Å². The number of unbranched alkanes of at least 4 members (excludes halogenated alkanes) is 4. The highest BCUT2D eigenvalue weighted by Crippen LogP contribution is 2.15. The molecule has 0 bridgehead atoms. The van der Waals surface area contributed by atoms with Gasteiger partial charge in [0.1, 0.15) is 0 Å². The molecule has 22 heavy (non-hydrogen) atoms. The van der Waals surface area contributed by atoms with Gasteiger partial charge in [0.2, 0.25) is 0 Å². The highest BCUT2D eigenvalue weighted by molar-refractivity contribution is 9.10. The van der Waals surface area contributed by atoms with Crippen molar-refractivity contribution in [2.45, 2.75) is 45.4 Å². The smallest absolute Gasteiger partial charge is 0.0175 e. The first-order valence-corrected chi connectivity index (χ1v) is 9.10. The number of benzene rings is 2. The summed E-state index contributed by atoms with van der Waals surface area (Å²) in [5.74, 6) is 0. The second kappa shape index (κ2) is 9.63. The van der Waals surface area contributed by atoms with Crippen LogP contribution in [0.3, 0.4) is 0 Å². The molecule has 116 valence electrons. The van der Waals surface area contributed by atoms with Gasteiger partial charge in [-0.1, -0.05) is 97.1 Å². The quantitative estimate of drug-likeness (QED) is 0.348.